The van der Waals surface area contributed by atoms with E-state index in [1.54, 1.807) is 27.7 Å². The van der Waals surface area contributed by atoms with Crippen LogP contribution in [0.1, 0.15) is 82.5 Å². The first kappa shape index (κ1) is 31.6. The molecule has 1 aliphatic rings. The molecule has 4 amide bonds. The molecule has 1 saturated carbocycles. The van der Waals surface area contributed by atoms with E-state index in [0.717, 1.165) is 11.1 Å². The molecule has 0 aromatic heterocycles. The van der Waals surface area contributed by atoms with Crippen LogP contribution >= 0.6 is 0 Å². The van der Waals surface area contributed by atoms with Crippen LogP contribution in [0.5, 0.6) is 0 Å². The van der Waals surface area contributed by atoms with Gasteiger partial charge in [-0.05, 0) is 71.9 Å². The molecule has 1 aromatic carbocycles. The SMILES string of the molecule is CCOC(=O)CCNC(=O)C(c1ccc(C)cc1C)N(C(=O)C(CCC(N)=O)NC(=O)OC(C)(C)C)C1CC1. The normalized spacial score (nSPS) is 14.5. The summed E-state index contributed by atoms with van der Waals surface area (Å²) in [5, 5.41) is 5.35. The zero-order chi connectivity index (χ0) is 29.3. The molecule has 39 heavy (non-hydrogen) atoms. The average molecular weight is 547 g/mol. The Balaban J connectivity index is 2.43. The largest absolute Gasteiger partial charge is 0.466 e. The number of esters is 1. The predicted octanol–water partition coefficient (Wildman–Crippen LogP) is 2.56. The summed E-state index contributed by atoms with van der Waals surface area (Å²) in [5.74, 6) is -2.05. The van der Waals surface area contributed by atoms with Crippen LogP contribution in [0.3, 0.4) is 0 Å². The standard InChI is InChI=1S/C28H42N4O7/c1-7-38-23(34)14-15-30-25(35)24(20-11-8-17(2)16-18(20)3)32(19-9-10-19)26(36)21(12-13-22(29)33)31-27(37)39-28(4,5)6/h8,11,16,19,21,24H,7,9-10,12-15H2,1-6H3,(H2,29,33)(H,30,35)(H,31,37). The van der Waals surface area contributed by atoms with Gasteiger partial charge < -0.3 is 30.7 Å². The lowest BCUT2D eigenvalue weighted by atomic mass is 9.96. The van der Waals surface area contributed by atoms with E-state index in [9.17, 15) is 24.0 Å². The van der Waals surface area contributed by atoms with Gasteiger partial charge in [0, 0.05) is 19.0 Å². The maximum atomic E-state index is 14.1. The van der Waals surface area contributed by atoms with Gasteiger partial charge in [0.1, 0.15) is 17.7 Å². The molecule has 2 rings (SSSR count). The summed E-state index contributed by atoms with van der Waals surface area (Å²) >= 11 is 0. The molecule has 1 aliphatic carbocycles. The molecule has 0 aliphatic heterocycles. The summed E-state index contributed by atoms with van der Waals surface area (Å²) < 4.78 is 10.3. The highest BCUT2D eigenvalue weighted by Crippen LogP contribution is 2.37. The van der Waals surface area contributed by atoms with Crippen molar-refractivity contribution in [1.82, 2.24) is 15.5 Å². The number of benzene rings is 1. The molecule has 216 valence electrons. The minimum Gasteiger partial charge on any atom is -0.466 e. The molecule has 0 heterocycles. The van der Waals surface area contributed by atoms with Crippen LogP contribution in [0.2, 0.25) is 0 Å². The van der Waals surface area contributed by atoms with E-state index >= 15 is 0 Å². The number of nitrogens with two attached hydrogens (primary N) is 1. The van der Waals surface area contributed by atoms with Crippen molar-refractivity contribution >= 4 is 29.8 Å². The van der Waals surface area contributed by atoms with Gasteiger partial charge >= 0.3 is 12.1 Å². The number of hydrogen-bond acceptors (Lipinski definition) is 7. The van der Waals surface area contributed by atoms with Gasteiger partial charge in [0.05, 0.1) is 13.0 Å². The van der Waals surface area contributed by atoms with Gasteiger partial charge in [-0.3, -0.25) is 19.2 Å². The van der Waals surface area contributed by atoms with Gasteiger partial charge in [-0.25, -0.2) is 4.79 Å². The van der Waals surface area contributed by atoms with E-state index in [1.807, 2.05) is 32.0 Å². The predicted molar refractivity (Wildman–Crippen MR) is 144 cm³/mol. The first-order chi connectivity index (χ1) is 18.2. The highest BCUT2D eigenvalue weighted by molar-refractivity contribution is 5.93. The molecule has 0 radical (unpaired) electrons. The molecule has 0 bridgehead atoms. The zero-order valence-electron chi connectivity index (χ0n) is 23.8. The summed E-state index contributed by atoms with van der Waals surface area (Å²) in [4.78, 5) is 65.2. The Morgan fingerprint density at radius 3 is 2.31 bits per heavy atom. The van der Waals surface area contributed by atoms with Crippen LogP contribution in [0.25, 0.3) is 0 Å². The fourth-order valence-electron chi connectivity index (χ4n) is 4.21. The third kappa shape index (κ3) is 10.2. The number of amides is 4. The third-order valence-electron chi connectivity index (χ3n) is 6.04. The maximum absolute atomic E-state index is 14.1. The first-order valence-corrected chi connectivity index (χ1v) is 13.3. The van der Waals surface area contributed by atoms with Crippen molar-refractivity contribution in [2.45, 2.75) is 97.4 Å². The number of aryl methyl sites for hydroxylation is 2. The van der Waals surface area contributed by atoms with E-state index in [2.05, 4.69) is 10.6 Å². The van der Waals surface area contributed by atoms with Crippen molar-refractivity contribution in [2.75, 3.05) is 13.2 Å². The Labute approximate surface area is 230 Å². The minimum absolute atomic E-state index is 0.0159. The molecule has 2 unspecified atom stereocenters. The fourth-order valence-corrected chi connectivity index (χ4v) is 4.21. The quantitative estimate of drug-likeness (QED) is 0.321. The fraction of sp³-hybridized carbons (Fsp3) is 0.607. The van der Waals surface area contributed by atoms with Crippen molar-refractivity contribution in [1.29, 1.82) is 0 Å². The Bertz CT molecular complexity index is 1060. The molecule has 11 nitrogen and oxygen atoms in total. The van der Waals surface area contributed by atoms with Crippen molar-refractivity contribution in [2.24, 2.45) is 5.73 Å². The van der Waals surface area contributed by atoms with Crippen LogP contribution in [0.4, 0.5) is 4.79 Å². The van der Waals surface area contributed by atoms with Gasteiger partial charge in [0.25, 0.3) is 0 Å². The number of primary amides is 1. The van der Waals surface area contributed by atoms with E-state index in [0.29, 0.717) is 18.4 Å². The van der Waals surface area contributed by atoms with Gasteiger partial charge in [-0.2, -0.15) is 0 Å². The second-order valence-corrected chi connectivity index (χ2v) is 10.8. The molecular weight excluding hydrogens is 504 g/mol. The van der Waals surface area contributed by atoms with Crippen molar-refractivity contribution in [3.8, 4) is 0 Å². The average Bonchev–Trinajstić information content (AvgIpc) is 3.64. The highest BCUT2D eigenvalue weighted by Gasteiger charge is 2.44. The Morgan fingerprint density at radius 1 is 1.10 bits per heavy atom. The number of carbonyl (C=O) groups excluding carboxylic acids is 5. The number of alkyl carbamates (subject to hydrolysis) is 1. The molecule has 0 spiro atoms. The highest BCUT2D eigenvalue weighted by atomic mass is 16.6. The third-order valence-corrected chi connectivity index (χ3v) is 6.04. The molecule has 4 N–H and O–H groups in total. The van der Waals surface area contributed by atoms with E-state index in [1.165, 1.54) is 4.90 Å². The molecule has 11 heteroatoms. The summed E-state index contributed by atoms with van der Waals surface area (Å²) in [7, 11) is 0. The molecule has 2 atom stereocenters. The van der Waals surface area contributed by atoms with Crippen LogP contribution in [0.15, 0.2) is 18.2 Å². The summed E-state index contributed by atoms with van der Waals surface area (Å²) in [6, 6.07) is 3.18. The van der Waals surface area contributed by atoms with Crippen LogP contribution in [-0.4, -0.2) is 65.5 Å². The number of rotatable bonds is 13. The number of carbonyl (C=O) groups is 5. The first-order valence-electron chi connectivity index (χ1n) is 13.3. The number of nitrogens with one attached hydrogen (secondary N) is 2. The summed E-state index contributed by atoms with van der Waals surface area (Å²) in [6.45, 7) is 10.8. The minimum atomic E-state index is -1.14. The molecule has 0 saturated heterocycles. The van der Waals surface area contributed by atoms with E-state index < -0.39 is 47.5 Å². The monoisotopic (exact) mass is 546 g/mol. The van der Waals surface area contributed by atoms with E-state index in [-0.39, 0.29) is 38.5 Å². The van der Waals surface area contributed by atoms with Gasteiger partial charge in [-0.1, -0.05) is 23.8 Å². The topological polar surface area (TPSA) is 157 Å². The van der Waals surface area contributed by atoms with Crippen LogP contribution < -0.4 is 16.4 Å². The van der Waals surface area contributed by atoms with Crippen LogP contribution in [0, 0.1) is 13.8 Å². The second-order valence-electron chi connectivity index (χ2n) is 10.8. The van der Waals surface area contributed by atoms with Crippen molar-refractivity contribution < 1.29 is 33.4 Å². The summed E-state index contributed by atoms with van der Waals surface area (Å²) in [6.07, 6.45) is 0.322. The van der Waals surface area contributed by atoms with Crippen molar-refractivity contribution in [3.63, 3.8) is 0 Å². The molecular formula is C28H42N4O7. The lowest BCUT2D eigenvalue weighted by Gasteiger charge is -2.35. The molecule has 1 aromatic rings. The Hall–Kier alpha value is -3.63. The van der Waals surface area contributed by atoms with Gasteiger partial charge in [-0.15, -0.1) is 0 Å². The smallest absolute Gasteiger partial charge is 0.408 e. The lowest BCUT2D eigenvalue weighted by Crippen LogP contribution is -2.54. The van der Waals surface area contributed by atoms with Crippen LogP contribution in [-0.2, 0) is 28.7 Å². The molecule has 1 fully saturated rings. The zero-order valence-corrected chi connectivity index (χ0v) is 23.8. The Kier molecular flexibility index (Phi) is 11.3. The number of ether oxygens (including phenoxy) is 2. The van der Waals surface area contributed by atoms with Crippen molar-refractivity contribution in [3.05, 3.63) is 34.9 Å². The number of nitrogens with zero attached hydrogens (tertiary/aromatic N) is 1. The van der Waals surface area contributed by atoms with Gasteiger partial charge in [0.2, 0.25) is 17.7 Å². The lowest BCUT2D eigenvalue weighted by molar-refractivity contribution is -0.145. The Morgan fingerprint density at radius 2 is 1.77 bits per heavy atom. The van der Waals surface area contributed by atoms with Gasteiger partial charge in [0.15, 0.2) is 0 Å². The van der Waals surface area contributed by atoms with E-state index in [4.69, 9.17) is 15.2 Å². The number of hydrogen-bond donors (Lipinski definition) is 3. The second kappa shape index (κ2) is 14.0. The summed E-state index contributed by atoms with van der Waals surface area (Å²) in [5.41, 5.74) is 6.97. The maximum Gasteiger partial charge on any atom is 0.408 e.